The van der Waals surface area contributed by atoms with E-state index < -0.39 is 17.6 Å². The Hall–Kier alpha value is -3.95. The van der Waals surface area contributed by atoms with Crippen LogP contribution in [0.15, 0.2) is 48.7 Å². The van der Waals surface area contributed by atoms with Gasteiger partial charge >= 0.3 is 6.18 Å². The normalized spacial score (nSPS) is 12.9. The van der Waals surface area contributed by atoms with Crippen LogP contribution in [0, 0.1) is 6.92 Å². The van der Waals surface area contributed by atoms with E-state index in [4.69, 9.17) is 15.2 Å². The summed E-state index contributed by atoms with van der Waals surface area (Å²) in [7, 11) is 0. The lowest BCUT2D eigenvalue weighted by Gasteiger charge is -2.21. The molecule has 4 N–H and O–H groups in total. The van der Waals surface area contributed by atoms with Crippen molar-refractivity contribution in [1.82, 2.24) is 4.98 Å². The lowest BCUT2D eigenvalue weighted by atomic mass is 10.1. The Labute approximate surface area is 181 Å². The minimum absolute atomic E-state index is 0.0620. The van der Waals surface area contributed by atoms with Gasteiger partial charge in [0.25, 0.3) is 5.91 Å². The molecule has 10 heteroatoms. The molecule has 166 valence electrons. The van der Waals surface area contributed by atoms with Crippen LogP contribution < -0.4 is 25.8 Å². The molecule has 0 saturated heterocycles. The minimum atomic E-state index is -4.58. The van der Waals surface area contributed by atoms with Crippen molar-refractivity contribution in [3.8, 4) is 17.2 Å². The molecule has 1 aliphatic rings. The molecule has 2 aromatic carbocycles. The molecule has 1 amide bonds. The van der Waals surface area contributed by atoms with Crippen LogP contribution in [0.4, 0.5) is 30.4 Å². The summed E-state index contributed by atoms with van der Waals surface area (Å²) < 4.78 is 50.7. The van der Waals surface area contributed by atoms with Crippen molar-refractivity contribution in [3.63, 3.8) is 0 Å². The summed E-state index contributed by atoms with van der Waals surface area (Å²) in [6, 6.07) is 9.26. The number of halogens is 3. The molecular weight excluding hydrogens is 425 g/mol. The van der Waals surface area contributed by atoms with E-state index in [0.717, 1.165) is 17.7 Å². The van der Waals surface area contributed by atoms with Crippen LogP contribution in [0.2, 0.25) is 0 Å². The van der Waals surface area contributed by atoms with Crippen molar-refractivity contribution >= 4 is 23.1 Å². The first-order valence-electron chi connectivity index (χ1n) is 9.64. The van der Waals surface area contributed by atoms with E-state index >= 15 is 0 Å². The number of pyridine rings is 1. The Kier molecular flexibility index (Phi) is 5.52. The number of carbonyl (C=O) groups excluding carboxylic acids is 1. The van der Waals surface area contributed by atoms with Gasteiger partial charge in [0.2, 0.25) is 5.75 Å². The third-order valence-corrected chi connectivity index (χ3v) is 4.72. The van der Waals surface area contributed by atoms with Crippen LogP contribution in [-0.4, -0.2) is 24.0 Å². The van der Waals surface area contributed by atoms with Crippen LogP contribution in [0.3, 0.4) is 0 Å². The maximum Gasteiger partial charge on any atom is 0.416 e. The molecule has 0 aliphatic carbocycles. The summed E-state index contributed by atoms with van der Waals surface area (Å²) in [5.74, 6) is 1.23. The zero-order valence-electron chi connectivity index (χ0n) is 16.9. The van der Waals surface area contributed by atoms with Crippen LogP contribution in [0.5, 0.6) is 17.2 Å². The Morgan fingerprint density at radius 3 is 2.78 bits per heavy atom. The molecule has 0 atom stereocenters. The highest BCUT2D eigenvalue weighted by atomic mass is 19.4. The van der Waals surface area contributed by atoms with Crippen molar-refractivity contribution in [2.75, 3.05) is 29.5 Å². The Bertz CT molecular complexity index is 1180. The van der Waals surface area contributed by atoms with E-state index in [-0.39, 0.29) is 16.9 Å². The van der Waals surface area contributed by atoms with Crippen molar-refractivity contribution in [2.45, 2.75) is 13.1 Å². The number of fused-ring (bicyclic) bond motifs is 1. The SMILES string of the molecule is Cc1ccc(C(=O)Nc2cc(N)cc(C(F)(F)F)c2)cc1Oc1ccnc2c1OCCN2. The molecule has 0 saturated carbocycles. The molecule has 0 bridgehead atoms. The van der Waals surface area contributed by atoms with Crippen molar-refractivity contribution in [1.29, 1.82) is 0 Å². The molecule has 0 spiro atoms. The summed E-state index contributed by atoms with van der Waals surface area (Å²) in [4.78, 5) is 16.9. The first-order valence-corrected chi connectivity index (χ1v) is 9.64. The van der Waals surface area contributed by atoms with Gasteiger partial charge in [-0.2, -0.15) is 13.2 Å². The van der Waals surface area contributed by atoms with Crippen molar-refractivity contribution in [2.24, 2.45) is 0 Å². The van der Waals surface area contributed by atoms with Crippen LogP contribution in [0.25, 0.3) is 0 Å². The molecule has 1 aliphatic heterocycles. The highest BCUT2D eigenvalue weighted by Gasteiger charge is 2.31. The minimum Gasteiger partial charge on any atom is -0.485 e. The maximum atomic E-state index is 13.0. The standard InChI is InChI=1S/C22H19F3N4O3/c1-12-2-3-13(21(30)29-16-10-14(22(23,24)25)9-15(26)11-16)8-18(12)32-17-4-5-27-20-19(17)31-7-6-28-20/h2-5,8-11H,6-7,26H2,1H3,(H,27,28)(H,29,30). The average Bonchev–Trinajstić information content (AvgIpc) is 2.74. The molecule has 0 unspecified atom stereocenters. The predicted molar refractivity (Wildman–Crippen MR) is 113 cm³/mol. The van der Waals surface area contributed by atoms with Gasteiger partial charge in [0.1, 0.15) is 12.4 Å². The first kappa shape index (κ1) is 21.3. The second-order valence-electron chi connectivity index (χ2n) is 7.14. The van der Waals surface area contributed by atoms with E-state index in [2.05, 4.69) is 15.6 Å². The van der Waals surface area contributed by atoms with Gasteiger partial charge in [0, 0.05) is 29.2 Å². The van der Waals surface area contributed by atoms with Gasteiger partial charge < -0.3 is 25.8 Å². The number of ether oxygens (including phenoxy) is 2. The third-order valence-electron chi connectivity index (χ3n) is 4.72. The van der Waals surface area contributed by atoms with Gasteiger partial charge in [-0.05, 0) is 42.8 Å². The fraction of sp³-hybridized carbons (Fsp3) is 0.182. The fourth-order valence-electron chi connectivity index (χ4n) is 3.16. The molecule has 32 heavy (non-hydrogen) atoms. The second kappa shape index (κ2) is 8.29. The number of anilines is 3. The number of amides is 1. The maximum absolute atomic E-state index is 13.0. The highest BCUT2D eigenvalue weighted by molar-refractivity contribution is 6.04. The third kappa shape index (κ3) is 4.53. The van der Waals surface area contributed by atoms with Crippen LogP contribution in [-0.2, 0) is 6.18 Å². The number of carbonyl (C=O) groups is 1. The second-order valence-corrected chi connectivity index (χ2v) is 7.14. The highest BCUT2D eigenvalue weighted by Crippen LogP contribution is 2.39. The zero-order valence-corrected chi connectivity index (χ0v) is 16.9. The van der Waals surface area contributed by atoms with E-state index in [9.17, 15) is 18.0 Å². The molecule has 0 radical (unpaired) electrons. The number of nitrogens with zero attached hydrogens (tertiary/aromatic N) is 1. The van der Waals surface area contributed by atoms with Gasteiger partial charge in [0.05, 0.1) is 12.1 Å². The van der Waals surface area contributed by atoms with Gasteiger partial charge in [-0.15, -0.1) is 0 Å². The Morgan fingerprint density at radius 2 is 2.00 bits per heavy atom. The molecule has 1 aromatic heterocycles. The predicted octanol–water partition coefficient (Wildman–Crippen LogP) is 4.84. The van der Waals surface area contributed by atoms with Crippen molar-refractivity contribution in [3.05, 3.63) is 65.4 Å². The molecular formula is C22H19F3N4O3. The lowest BCUT2D eigenvalue weighted by molar-refractivity contribution is -0.137. The van der Waals surface area contributed by atoms with E-state index in [1.54, 1.807) is 31.3 Å². The smallest absolute Gasteiger partial charge is 0.416 e. The number of alkyl halides is 3. The Morgan fingerprint density at radius 1 is 1.19 bits per heavy atom. The molecule has 2 heterocycles. The van der Waals surface area contributed by atoms with Gasteiger partial charge in [0.15, 0.2) is 11.6 Å². The summed E-state index contributed by atoms with van der Waals surface area (Å²) in [5, 5.41) is 5.56. The lowest BCUT2D eigenvalue weighted by Crippen LogP contribution is -2.19. The summed E-state index contributed by atoms with van der Waals surface area (Å²) in [6.07, 6.45) is -3.01. The zero-order chi connectivity index (χ0) is 22.9. The van der Waals surface area contributed by atoms with E-state index in [0.29, 0.717) is 36.2 Å². The number of benzene rings is 2. The number of aromatic nitrogens is 1. The average molecular weight is 444 g/mol. The van der Waals surface area contributed by atoms with E-state index in [1.807, 2.05) is 0 Å². The van der Waals surface area contributed by atoms with E-state index in [1.165, 1.54) is 12.1 Å². The van der Waals surface area contributed by atoms with Gasteiger partial charge in [-0.3, -0.25) is 4.79 Å². The number of nitrogens with two attached hydrogens (primary N) is 1. The summed E-state index contributed by atoms with van der Waals surface area (Å²) in [5.41, 5.74) is 5.39. The molecule has 3 aromatic rings. The quantitative estimate of drug-likeness (QED) is 0.498. The molecule has 0 fully saturated rings. The first-order chi connectivity index (χ1) is 15.2. The Balaban J connectivity index is 1.58. The topological polar surface area (TPSA) is 98.5 Å². The fourth-order valence-corrected chi connectivity index (χ4v) is 3.16. The number of hydrogen-bond acceptors (Lipinski definition) is 6. The van der Waals surface area contributed by atoms with Crippen LogP contribution >= 0.6 is 0 Å². The number of hydrogen-bond donors (Lipinski definition) is 3. The number of nitrogens with one attached hydrogen (secondary N) is 2. The largest absolute Gasteiger partial charge is 0.485 e. The van der Waals surface area contributed by atoms with Gasteiger partial charge in [-0.1, -0.05) is 6.07 Å². The molecule has 7 nitrogen and oxygen atoms in total. The monoisotopic (exact) mass is 444 g/mol. The van der Waals surface area contributed by atoms with Crippen molar-refractivity contribution < 1.29 is 27.4 Å². The number of aryl methyl sites for hydroxylation is 1. The van der Waals surface area contributed by atoms with Gasteiger partial charge in [-0.25, -0.2) is 4.98 Å². The van der Waals surface area contributed by atoms with Crippen LogP contribution in [0.1, 0.15) is 21.5 Å². The molecule has 4 rings (SSSR count). The summed E-state index contributed by atoms with van der Waals surface area (Å²) in [6.45, 7) is 2.88. The number of rotatable bonds is 4. The summed E-state index contributed by atoms with van der Waals surface area (Å²) >= 11 is 0. The number of nitrogen functional groups attached to an aromatic ring is 1.